The van der Waals surface area contributed by atoms with Crippen molar-refractivity contribution in [3.63, 3.8) is 0 Å². The second-order valence-corrected chi connectivity index (χ2v) is 6.28. The number of ether oxygens (including phenoxy) is 1. The summed E-state index contributed by atoms with van der Waals surface area (Å²) in [6.07, 6.45) is 4.17. The van der Waals surface area contributed by atoms with Gasteiger partial charge in [-0.2, -0.15) is 0 Å². The minimum absolute atomic E-state index is 0.624. The lowest BCUT2D eigenvalue weighted by molar-refractivity contribution is -0.0361. The van der Waals surface area contributed by atoms with Gasteiger partial charge in [0.15, 0.2) is 0 Å². The van der Waals surface area contributed by atoms with Crippen LogP contribution in [0.2, 0.25) is 0 Å². The molecular formula is C17H25NO2. The minimum Gasteiger partial charge on any atom is -0.385 e. The molecule has 0 bridgehead atoms. The first kappa shape index (κ1) is 14.1. The molecule has 2 aliphatic rings. The molecule has 3 heteroatoms. The van der Waals surface area contributed by atoms with Crippen LogP contribution in [-0.2, 0) is 10.3 Å². The van der Waals surface area contributed by atoms with Gasteiger partial charge >= 0.3 is 0 Å². The summed E-state index contributed by atoms with van der Waals surface area (Å²) in [6, 6.07) is 10.1. The summed E-state index contributed by atoms with van der Waals surface area (Å²) in [5.74, 6) is 0.687. The number of rotatable bonds is 3. The van der Waals surface area contributed by atoms with E-state index in [1.165, 1.54) is 12.8 Å². The third-order valence-electron chi connectivity index (χ3n) is 4.77. The van der Waals surface area contributed by atoms with Gasteiger partial charge < -0.3 is 14.7 Å². The van der Waals surface area contributed by atoms with Gasteiger partial charge in [-0.3, -0.25) is 0 Å². The quantitative estimate of drug-likeness (QED) is 0.919. The van der Waals surface area contributed by atoms with E-state index in [2.05, 4.69) is 4.90 Å². The number of hydrogen-bond acceptors (Lipinski definition) is 3. The van der Waals surface area contributed by atoms with Gasteiger partial charge in [-0.1, -0.05) is 30.3 Å². The van der Waals surface area contributed by atoms with Gasteiger partial charge in [0.2, 0.25) is 0 Å². The van der Waals surface area contributed by atoms with E-state index in [0.29, 0.717) is 5.92 Å². The molecule has 20 heavy (non-hydrogen) atoms. The summed E-state index contributed by atoms with van der Waals surface area (Å²) < 4.78 is 5.56. The van der Waals surface area contributed by atoms with Gasteiger partial charge in [-0.05, 0) is 37.2 Å². The molecule has 0 unspecified atom stereocenters. The van der Waals surface area contributed by atoms with Crippen molar-refractivity contribution in [3.8, 4) is 0 Å². The van der Waals surface area contributed by atoms with Crippen LogP contribution in [0.5, 0.6) is 0 Å². The van der Waals surface area contributed by atoms with Crippen molar-refractivity contribution >= 4 is 0 Å². The van der Waals surface area contributed by atoms with Crippen LogP contribution < -0.4 is 0 Å². The minimum atomic E-state index is -0.624. The number of piperidine rings is 1. The van der Waals surface area contributed by atoms with Crippen LogP contribution in [0.15, 0.2) is 30.3 Å². The first-order valence-corrected chi connectivity index (χ1v) is 7.84. The molecule has 2 aliphatic heterocycles. The van der Waals surface area contributed by atoms with E-state index in [0.717, 1.165) is 51.3 Å². The van der Waals surface area contributed by atoms with Gasteiger partial charge in [-0.15, -0.1) is 0 Å². The molecule has 0 saturated carbocycles. The number of aliphatic hydroxyl groups is 1. The molecule has 1 atom stereocenters. The van der Waals surface area contributed by atoms with E-state index in [4.69, 9.17) is 4.74 Å². The maximum atomic E-state index is 10.8. The molecule has 1 N–H and O–H groups in total. The zero-order valence-electron chi connectivity index (χ0n) is 12.1. The topological polar surface area (TPSA) is 32.7 Å². The Morgan fingerprint density at radius 3 is 2.60 bits per heavy atom. The summed E-state index contributed by atoms with van der Waals surface area (Å²) in [6.45, 7) is 4.96. The summed E-state index contributed by atoms with van der Waals surface area (Å²) in [4.78, 5) is 2.50. The Balaban J connectivity index is 1.53. The Morgan fingerprint density at radius 1 is 1.20 bits per heavy atom. The summed E-state index contributed by atoms with van der Waals surface area (Å²) >= 11 is 0. The second kappa shape index (κ2) is 6.25. The lowest BCUT2D eigenvalue weighted by Gasteiger charge is -2.40. The Hall–Kier alpha value is -0.900. The molecule has 2 heterocycles. The van der Waals surface area contributed by atoms with E-state index < -0.39 is 5.60 Å². The van der Waals surface area contributed by atoms with E-state index in [1.54, 1.807) is 0 Å². The van der Waals surface area contributed by atoms with Crippen LogP contribution in [0.3, 0.4) is 0 Å². The van der Waals surface area contributed by atoms with Crippen molar-refractivity contribution in [1.29, 1.82) is 0 Å². The molecule has 3 nitrogen and oxygen atoms in total. The molecule has 2 fully saturated rings. The maximum Gasteiger partial charge on any atom is 0.0920 e. The lowest BCUT2D eigenvalue weighted by atomic mass is 9.84. The van der Waals surface area contributed by atoms with Crippen LogP contribution in [0.25, 0.3) is 0 Å². The predicted molar refractivity (Wildman–Crippen MR) is 79.6 cm³/mol. The number of benzene rings is 1. The highest BCUT2D eigenvalue weighted by atomic mass is 16.5. The number of hydrogen-bond donors (Lipinski definition) is 1. The molecule has 3 rings (SSSR count). The van der Waals surface area contributed by atoms with Gasteiger partial charge in [0.1, 0.15) is 0 Å². The van der Waals surface area contributed by atoms with Crippen molar-refractivity contribution in [3.05, 3.63) is 35.9 Å². The normalized spacial score (nSPS) is 27.4. The van der Waals surface area contributed by atoms with Crippen LogP contribution in [-0.4, -0.2) is 42.9 Å². The van der Waals surface area contributed by atoms with Gasteiger partial charge in [-0.25, -0.2) is 0 Å². The van der Waals surface area contributed by atoms with E-state index >= 15 is 0 Å². The van der Waals surface area contributed by atoms with Gasteiger partial charge in [0.05, 0.1) is 12.2 Å². The second-order valence-electron chi connectivity index (χ2n) is 6.28. The van der Waals surface area contributed by atoms with Crippen molar-refractivity contribution in [1.82, 2.24) is 4.90 Å². The Bertz CT molecular complexity index is 406. The molecule has 0 aromatic heterocycles. The Morgan fingerprint density at radius 2 is 1.95 bits per heavy atom. The highest BCUT2D eigenvalue weighted by molar-refractivity contribution is 5.22. The monoisotopic (exact) mass is 275 g/mol. The van der Waals surface area contributed by atoms with E-state index in [-0.39, 0.29) is 0 Å². The summed E-state index contributed by atoms with van der Waals surface area (Å²) in [7, 11) is 0. The highest BCUT2D eigenvalue weighted by Crippen LogP contribution is 2.33. The third kappa shape index (κ3) is 3.22. The molecule has 0 radical (unpaired) electrons. The fraction of sp³-hybridized carbons (Fsp3) is 0.647. The van der Waals surface area contributed by atoms with Crippen molar-refractivity contribution < 1.29 is 9.84 Å². The Kier molecular flexibility index (Phi) is 4.39. The zero-order chi connectivity index (χ0) is 13.8. The summed E-state index contributed by atoms with van der Waals surface area (Å²) in [5.41, 5.74) is 0.446. The molecule has 0 amide bonds. The van der Waals surface area contributed by atoms with Crippen LogP contribution in [0.4, 0.5) is 0 Å². The first-order valence-electron chi connectivity index (χ1n) is 7.84. The van der Waals surface area contributed by atoms with Gasteiger partial charge in [0.25, 0.3) is 0 Å². The first-order chi connectivity index (χ1) is 9.76. The van der Waals surface area contributed by atoms with Crippen molar-refractivity contribution in [2.45, 2.75) is 31.3 Å². The van der Waals surface area contributed by atoms with E-state index in [1.807, 2.05) is 30.3 Å². The standard InChI is InChI=1S/C17H25NO2/c19-17(16-6-2-1-3-7-16)8-10-18(11-9-17)13-15-5-4-12-20-14-15/h1-3,6-7,15,19H,4-5,8-14H2/t15-/m0/s1. The van der Waals surface area contributed by atoms with Crippen LogP contribution in [0, 0.1) is 5.92 Å². The van der Waals surface area contributed by atoms with Crippen LogP contribution in [0.1, 0.15) is 31.2 Å². The molecule has 2 saturated heterocycles. The van der Waals surface area contributed by atoms with E-state index in [9.17, 15) is 5.11 Å². The average molecular weight is 275 g/mol. The smallest absolute Gasteiger partial charge is 0.0920 e. The average Bonchev–Trinajstić information content (AvgIpc) is 2.52. The maximum absolute atomic E-state index is 10.8. The zero-order valence-corrected chi connectivity index (χ0v) is 12.1. The fourth-order valence-corrected chi connectivity index (χ4v) is 3.46. The number of likely N-dealkylation sites (tertiary alicyclic amines) is 1. The molecular weight excluding hydrogens is 250 g/mol. The third-order valence-corrected chi connectivity index (χ3v) is 4.77. The molecule has 110 valence electrons. The summed E-state index contributed by atoms with van der Waals surface area (Å²) in [5, 5.41) is 10.8. The van der Waals surface area contributed by atoms with Gasteiger partial charge in [0, 0.05) is 26.2 Å². The van der Waals surface area contributed by atoms with Crippen molar-refractivity contribution in [2.75, 3.05) is 32.8 Å². The largest absolute Gasteiger partial charge is 0.385 e. The fourth-order valence-electron chi connectivity index (χ4n) is 3.46. The van der Waals surface area contributed by atoms with Crippen molar-refractivity contribution in [2.24, 2.45) is 5.92 Å². The number of nitrogens with zero attached hydrogens (tertiary/aromatic N) is 1. The Labute approximate surface area is 121 Å². The molecule has 1 aromatic rings. The SMILES string of the molecule is OC1(c2ccccc2)CCN(C[C@@H]2CCCOC2)CC1. The molecule has 0 spiro atoms. The lowest BCUT2D eigenvalue weighted by Crippen LogP contribution is -2.45. The molecule has 0 aliphatic carbocycles. The van der Waals surface area contributed by atoms with Crippen LogP contribution >= 0.6 is 0 Å². The molecule has 1 aromatic carbocycles. The predicted octanol–water partition coefficient (Wildman–Crippen LogP) is 2.40. The highest BCUT2D eigenvalue weighted by Gasteiger charge is 2.34.